The van der Waals surface area contributed by atoms with Crippen molar-refractivity contribution in [1.82, 2.24) is 0 Å². The van der Waals surface area contributed by atoms with Gasteiger partial charge in [-0.1, -0.05) is 0 Å². The summed E-state index contributed by atoms with van der Waals surface area (Å²) in [5.74, 6) is -0.709. The molecule has 16 heavy (non-hydrogen) atoms. The maximum Gasteiger partial charge on any atom is 0.339 e. The minimum Gasteiger partial charge on any atom is -0.465 e. The van der Waals surface area contributed by atoms with Crippen molar-refractivity contribution in [3.63, 3.8) is 0 Å². The number of benzene rings is 1. The fourth-order valence-corrected chi connectivity index (χ4v) is 1.57. The second-order valence-corrected chi connectivity index (χ2v) is 3.56. The molecule has 0 aromatic heterocycles. The largest absolute Gasteiger partial charge is 0.465 e. The molecule has 0 saturated heterocycles. The molecule has 0 atom stereocenters. The van der Waals surface area contributed by atoms with Crippen LogP contribution in [0.5, 0.6) is 0 Å². The third kappa shape index (κ3) is 2.17. The molecule has 0 bridgehead atoms. The van der Waals surface area contributed by atoms with Gasteiger partial charge in [-0.2, -0.15) is 5.26 Å². The lowest BCUT2D eigenvalue weighted by Gasteiger charge is -2.03. The molecular weight excluding hydrogens is 280 g/mol. The number of nitrogens with zero attached hydrogens (tertiary/aromatic N) is 2. The number of hydrogen-bond acceptors (Lipinski definition) is 5. The highest BCUT2D eigenvalue weighted by atomic mass is 79.9. The number of nitriles is 1. The first kappa shape index (κ1) is 12.1. The number of methoxy groups -OCH3 is 1. The van der Waals surface area contributed by atoms with E-state index in [9.17, 15) is 14.9 Å². The summed E-state index contributed by atoms with van der Waals surface area (Å²) in [4.78, 5) is 21.2. The van der Waals surface area contributed by atoms with Crippen LogP contribution in [0.2, 0.25) is 0 Å². The average Bonchev–Trinajstić information content (AvgIpc) is 2.27. The molecule has 0 radical (unpaired) electrons. The van der Waals surface area contributed by atoms with Crippen LogP contribution in [-0.2, 0) is 4.74 Å². The summed E-state index contributed by atoms with van der Waals surface area (Å²) in [6, 6.07) is 3.90. The van der Waals surface area contributed by atoms with Crippen LogP contribution in [-0.4, -0.2) is 18.0 Å². The summed E-state index contributed by atoms with van der Waals surface area (Å²) >= 11 is 3.04. The molecule has 0 aliphatic heterocycles. The molecule has 1 rings (SSSR count). The van der Waals surface area contributed by atoms with Gasteiger partial charge in [0.15, 0.2) is 0 Å². The van der Waals surface area contributed by atoms with Gasteiger partial charge in [0.05, 0.1) is 17.6 Å². The molecule has 0 unspecified atom stereocenters. The quantitative estimate of drug-likeness (QED) is 0.470. The standard InChI is InChI=1S/C9H5BrN2O4/c1-16-9(13)6-3-8(12(14)15)5(4-11)2-7(6)10/h2-3H,1H3. The molecule has 0 heterocycles. The number of esters is 1. The highest BCUT2D eigenvalue weighted by Gasteiger charge is 2.21. The van der Waals surface area contributed by atoms with Crippen molar-refractivity contribution in [2.75, 3.05) is 7.11 Å². The molecule has 0 spiro atoms. The minimum absolute atomic E-state index is 0.00759. The van der Waals surface area contributed by atoms with Crippen LogP contribution in [0, 0.1) is 21.4 Å². The zero-order chi connectivity index (χ0) is 12.3. The van der Waals surface area contributed by atoms with Crippen LogP contribution in [0.4, 0.5) is 5.69 Å². The lowest BCUT2D eigenvalue weighted by atomic mass is 10.1. The molecule has 0 aliphatic carbocycles. The number of ether oxygens (including phenoxy) is 1. The van der Waals surface area contributed by atoms with Gasteiger partial charge >= 0.3 is 5.97 Å². The summed E-state index contributed by atoms with van der Waals surface area (Å²) in [6.45, 7) is 0. The Morgan fingerprint density at radius 2 is 2.25 bits per heavy atom. The summed E-state index contributed by atoms with van der Waals surface area (Å²) in [6.07, 6.45) is 0. The van der Waals surface area contributed by atoms with Crippen molar-refractivity contribution in [2.24, 2.45) is 0 Å². The first-order chi connectivity index (χ1) is 7.51. The van der Waals surface area contributed by atoms with E-state index in [0.717, 1.165) is 6.07 Å². The van der Waals surface area contributed by atoms with Crippen LogP contribution in [0.3, 0.4) is 0 Å². The maximum atomic E-state index is 11.3. The summed E-state index contributed by atoms with van der Waals surface area (Å²) in [5.41, 5.74) is -0.538. The van der Waals surface area contributed by atoms with Crippen LogP contribution in [0.15, 0.2) is 16.6 Å². The monoisotopic (exact) mass is 284 g/mol. The van der Waals surface area contributed by atoms with Crippen molar-refractivity contribution < 1.29 is 14.5 Å². The highest BCUT2D eigenvalue weighted by molar-refractivity contribution is 9.10. The molecule has 0 saturated carbocycles. The van der Waals surface area contributed by atoms with E-state index in [0.29, 0.717) is 0 Å². The molecular formula is C9H5BrN2O4. The number of nitro groups is 1. The van der Waals surface area contributed by atoms with Crippen LogP contribution >= 0.6 is 15.9 Å². The summed E-state index contributed by atoms with van der Waals surface area (Å²) in [5, 5.41) is 19.3. The van der Waals surface area contributed by atoms with E-state index >= 15 is 0 Å². The SMILES string of the molecule is COC(=O)c1cc([N+](=O)[O-])c(C#N)cc1Br. The van der Waals surface area contributed by atoms with Crippen molar-refractivity contribution in [2.45, 2.75) is 0 Å². The van der Waals surface area contributed by atoms with Crippen LogP contribution in [0.1, 0.15) is 15.9 Å². The Kier molecular flexibility index (Phi) is 3.58. The van der Waals surface area contributed by atoms with Gasteiger partial charge in [0.25, 0.3) is 5.69 Å². The smallest absolute Gasteiger partial charge is 0.339 e. The lowest BCUT2D eigenvalue weighted by molar-refractivity contribution is -0.385. The Labute approximate surface area is 98.7 Å². The number of nitro benzene ring substituents is 1. The zero-order valence-electron chi connectivity index (χ0n) is 8.06. The van der Waals surface area contributed by atoms with Crippen molar-refractivity contribution in [3.8, 4) is 6.07 Å². The Morgan fingerprint density at radius 3 is 2.69 bits per heavy atom. The minimum atomic E-state index is -0.725. The Bertz CT molecular complexity index is 507. The second kappa shape index (κ2) is 4.72. The maximum absolute atomic E-state index is 11.3. The van der Waals surface area contributed by atoms with E-state index in [1.807, 2.05) is 0 Å². The van der Waals surface area contributed by atoms with Gasteiger partial charge in [-0.05, 0) is 22.0 Å². The van der Waals surface area contributed by atoms with Gasteiger partial charge in [0, 0.05) is 10.5 Å². The van der Waals surface area contributed by atoms with E-state index in [1.165, 1.54) is 13.2 Å². The molecule has 1 aromatic rings. The van der Waals surface area contributed by atoms with Crippen LogP contribution < -0.4 is 0 Å². The second-order valence-electron chi connectivity index (χ2n) is 2.71. The fourth-order valence-electron chi connectivity index (χ4n) is 1.07. The van der Waals surface area contributed by atoms with Gasteiger partial charge in [0.1, 0.15) is 11.6 Å². The fraction of sp³-hybridized carbons (Fsp3) is 0.111. The van der Waals surface area contributed by atoms with Gasteiger partial charge in [-0.3, -0.25) is 10.1 Å². The van der Waals surface area contributed by atoms with Crippen molar-refractivity contribution >= 4 is 27.6 Å². The van der Waals surface area contributed by atoms with Gasteiger partial charge in [-0.15, -0.1) is 0 Å². The van der Waals surface area contributed by atoms with E-state index in [1.54, 1.807) is 6.07 Å². The first-order valence-electron chi connectivity index (χ1n) is 3.97. The molecule has 0 amide bonds. The predicted molar refractivity (Wildman–Crippen MR) is 56.9 cm³/mol. The normalized spacial score (nSPS) is 9.31. The summed E-state index contributed by atoms with van der Waals surface area (Å²) in [7, 11) is 1.17. The van der Waals surface area contributed by atoms with E-state index in [-0.39, 0.29) is 15.6 Å². The Hall–Kier alpha value is -1.94. The number of rotatable bonds is 2. The molecule has 0 fully saturated rings. The van der Waals surface area contributed by atoms with E-state index in [2.05, 4.69) is 20.7 Å². The van der Waals surface area contributed by atoms with E-state index in [4.69, 9.17) is 5.26 Å². The van der Waals surface area contributed by atoms with Crippen molar-refractivity contribution in [1.29, 1.82) is 5.26 Å². The Balaban J connectivity index is 3.46. The molecule has 6 nitrogen and oxygen atoms in total. The molecule has 7 heteroatoms. The molecule has 0 aliphatic rings. The predicted octanol–water partition coefficient (Wildman–Crippen LogP) is 2.02. The topological polar surface area (TPSA) is 93.2 Å². The van der Waals surface area contributed by atoms with Crippen molar-refractivity contribution in [3.05, 3.63) is 37.8 Å². The number of carbonyl (C=O) groups excluding carboxylic acids is 1. The molecule has 0 N–H and O–H groups in total. The van der Waals surface area contributed by atoms with Gasteiger partial charge in [0.2, 0.25) is 0 Å². The lowest BCUT2D eigenvalue weighted by Crippen LogP contribution is -2.04. The zero-order valence-corrected chi connectivity index (χ0v) is 9.65. The highest BCUT2D eigenvalue weighted by Crippen LogP contribution is 2.27. The van der Waals surface area contributed by atoms with Gasteiger partial charge in [-0.25, -0.2) is 4.79 Å². The summed E-state index contributed by atoms with van der Waals surface area (Å²) < 4.78 is 4.73. The van der Waals surface area contributed by atoms with E-state index < -0.39 is 16.6 Å². The third-order valence-electron chi connectivity index (χ3n) is 1.81. The van der Waals surface area contributed by atoms with Crippen LogP contribution in [0.25, 0.3) is 0 Å². The third-order valence-corrected chi connectivity index (χ3v) is 2.46. The number of hydrogen-bond donors (Lipinski definition) is 0. The number of carbonyl (C=O) groups is 1. The Morgan fingerprint density at radius 1 is 1.62 bits per heavy atom. The average molecular weight is 285 g/mol. The molecule has 1 aromatic carbocycles. The molecule has 82 valence electrons. The number of halogens is 1. The van der Waals surface area contributed by atoms with Gasteiger partial charge < -0.3 is 4.74 Å². The first-order valence-corrected chi connectivity index (χ1v) is 4.77.